The van der Waals surface area contributed by atoms with E-state index in [2.05, 4.69) is 10.0 Å². The Labute approximate surface area is 153 Å². The molecule has 0 saturated heterocycles. The fourth-order valence-corrected chi connectivity index (χ4v) is 3.80. The van der Waals surface area contributed by atoms with Crippen LogP contribution in [0.2, 0.25) is 0 Å². The van der Waals surface area contributed by atoms with Gasteiger partial charge in [-0.1, -0.05) is 17.7 Å². The van der Waals surface area contributed by atoms with Crippen LogP contribution in [0.15, 0.2) is 53.4 Å². The molecule has 1 amide bonds. The molecule has 2 aromatic carbocycles. The lowest BCUT2D eigenvalue weighted by atomic mass is 10.1. The van der Waals surface area contributed by atoms with Crippen molar-refractivity contribution in [1.29, 1.82) is 0 Å². The minimum Gasteiger partial charge on any atom is -0.348 e. The second kappa shape index (κ2) is 7.47. The molecule has 7 heteroatoms. The van der Waals surface area contributed by atoms with Gasteiger partial charge in [0.15, 0.2) is 0 Å². The first-order valence-corrected chi connectivity index (χ1v) is 10.1. The number of amides is 1. The Balaban J connectivity index is 1.69. The molecule has 1 aliphatic carbocycles. The Hall–Kier alpha value is -2.38. The summed E-state index contributed by atoms with van der Waals surface area (Å²) in [5, 5.41) is 2.92. The van der Waals surface area contributed by atoms with E-state index in [1.807, 2.05) is 19.1 Å². The van der Waals surface area contributed by atoms with Crippen LogP contribution in [0.5, 0.6) is 0 Å². The average Bonchev–Trinajstić information content (AvgIpc) is 3.46. The zero-order valence-electron chi connectivity index (χ0n) is 14.6. The molecule has 6 nitrogen and oxygen atoms in total. The second-order valence-electron chi connectivity index (χ2n) is 6.65. The van der Waals surface area contributed by atoms with Gasteiger partial charge in [0.25, 0.3) is 15.9 Å². The monoisotopic (exact) mass is 373 g/mol. The summed E-state index contributed by atoms with van der Waals surface area (Å²) in [7, 11) is -3.70. The van der Waals surface area contributed by atoms with Crippen molar-refractivity contribution in [2.24, 2.45) is 11.7 Å². The molecule has 1 saturated carbocycles. The van der Waals surface area contributed by atoms with Gasteiger partial charge in [-0.2, -0.15) is 0 Å². The van der Waals surface area contributed by atoms with Gasteiger partial charge in [-0.3, -0.25) is 9.52 Å². The van der Waals surface area contributed by atoms with E-state index in [-0.39, 0.29) is 16.8 Å². The first kappa shape index (κ1) is 18.4. The first-order chi connectivity index (χ1) is 12.4. The maximum Gasteiger partial charge on any atom is 0.261 e. The fraction of sp³-hybridized carbons (Fsp3) is 0.316. The summed E-state index contributed by atoms with van der Waals surface area (Å²) in [6.07, 6.45) is 2.17. The van der Waals surface area contributed by atoms with E-state index in [0.29, 0.717) is 23.7 Å². The molecule has 3 rings (SSSR count). The van der Waals surface area contributed by atoms with Crippen molar-refractivity contribution in [3.8, 4) is 0 Å². The van der Waals surface area contributed by atoms with E-state index in [0.717, 1.165) is 18.4 Å². The van der Waals surface area contributed by atoms with Gasteiger partial charge in [-0.15, -0.1) is 0 Å². The third-order valence-corrected chi connectivity index (χ3v) is 5.89. The number of nitrogens with two attached hydrogens (primary N) is 1. The highest BCUT2D eigenvalue weighted by Gasteiger charge is 2.31. The van der Waals surface area contributed by atoms with Gasteiger partial charge in [-0.05, 0) is 62.1 Å². The summed E-state index contributed by atoms with van der Waals surface area (Å²) in [6.45, 7) is 2.34. The summed E-state index contributed by atoms with van der Waals surface area (Å²) >= 11 is 0. The third kappa shape index (κ3) is 4.42. The summed E-state index contributed by atoms with van der Waals surface area (Å²) in [5.41, 5.74) is 7.66. The fourth-order valence-electron chi connectivity index (χ4n) is 2.74. The standard InChI is InChI=1S/C19H23N3O3S/c1-13-2-8-16(9-3-13)22-26(24,25)17-10-6-15(7-11-17)19(23)21-18(12-20)14-4-5-14/h2-3,6-11,14,18,22H,4-5,12,20H2,1H3,(H,21,23). The Kier molecular flexibility index (Phi) is 5.29. The van der Waals surface area contributed by atoms with Gasteiger partial charge in [0.2, 0.25) is 0 Å². The number of nitrogens with one attached hydrogen (secondary N) is 2. The molecule has 26 heavy (non-hydrogen) atoms. The number of hydrogen-bond acceptors (Lipinski definition) is 4. The van der Waals surface area contributed by atoms with E-state index in [9.17, 15) is 13.2 Å². The maximum absolute atomic E-state index is 12.5. The maximum atomic E-state index is 12.5. The lowest BCUT2D eigenvalue weighted by Crippen LogP contribution is -2.41. The Morgan fingerprint density at radius 2 is 1.73 bits per heavy atom. The SMILES string of the molecule is Cc1ccc(NS(=O)(=O)c2ccc(C(=O)NC(CN)C3CC3)cc2)cc1. The van der Waals surface area contributed by atoms with Gasteiger partial charge in [0, 0.05) is 23.8 Å². The van der Waals surface area contributed by atoms with Crippen molar-refractivity contribution in [2.45, 2.75) is 30.7 Å². The Morgan fingerprint density at radius 3 is 2.27 bits per heavy atom. The molecule has 0 aliphatic heterocycles. The van der Waals surface area contributed by atoms with E-state index in [4.69, 9.17) is 5.73 Å². The Morgan fingerprint density at radius 1 is 1.12 bits per heavy atom. The minimum atomic E-state index is -3.70. The van der Waals surface area contributed by atoms with Crippen LogP contribution in [0.3, 0.4) is 0 Å². The molecular weight excluding hydrogens is 350 g/mol. The minimum absolute atomic E-state index is 0.0193. The first-order valence-electron chi connectivity index (χ1n) is 8.59. The number of aryl methyl sites for hydroxylation is 1. The van der Waals surface area contributed by atoms with Crippen LogP contribution in [0, 0.1) is 12.8 Å². The highest BCUT2D eigenvalue weighted by Crippen LogP contribution is 2.32. The van der Waals surface area contributed by atoms with Crippen LogP contribution in [0.4, 0.5) is 5.69 Å². The van der Waals surface area contributed by atoms with Crippen molar-refractivity contribution >= 4 is 21.6 Å². The zero-order valence-corrected chi connectivity index (χ0v) is 15.4. The van der Waals surface area contributed by atoms with Crippen LogP contribution in [-0.2, 0) is 10.0 Å². The normalized spacial score (nSPS) is 15.3. The van der Waals surface area contributed by atoms with E-state index >= 15 is 0 Å². The molecule has 0 bridgehead atoms. The number of carbonyl (C=O) groups is 1. The molecule has 0 radical (unpaired) electrons. The van der Waals surface area contributed by atoms with E-state index < -0.39 is 10.0 Å². The summed E-state index contributed by atoms with van der Waals surface area (Å²) < 4.78 is 27.5. The molecule has 2 aromatic rings. The summed E-state index contributed by atoms with van der Waals surface area (Å²) in [4.78, 5) is 12.4. The molecule has 138 valence electrons. The van der Waals surface area contributed by atoms with E-state index in [1.54, 1.807) is 12.1 Å². The highest BCUT2D eigenvalue weighted by atomic mass is 32.2. The number of sulfonamides is 1. The van der Waals surface area contributed by atoms with Gasteiger partial charge in [-0.25, -0.2) is 8.42 Å². The summed E-state index contributed by atoms with van der Waals surface area (Å²) in [6, 6.07) is 12.9. The number of benzene rings is 2. The van der Waals surface area contributed by atoms with Crippen LogP contribution in [0.25, 0.3) is 0 Å². The van der Waals surface area contributed by atoms with Crippen LogP contribution >= 0.6 is 0 Å². The summed E-state index contributed by atoms with van der Waals surface area (Å²) in [5.74, 6) is 0.227. The van der Waals surface area contributed by atoms with Crippen molar-refractivity contribution in [3.05, 3.63) is 59.7 Å². The predicted molar refractivity (Wildman–Crippen MR) is 101 cm³/mol. The molecule has 1 unspecified atom stereocenters. The lowest BCUT2D eigenvalue weighted by Gasteiger charge is -2.16. The Bertz CT molecular complexity index is 873. The molecule has 0 aromatic heterocycles. The van der Waals surface area contributed by atoms with Crippen LogP contribution < -0.4 is 15.8 Å². The van der Waals surface area contributed by atoms with Crippen molar-refractivity contribution in [2.75, 3.05) is 11.3 Å². The molecule has 0 spiro atoms. The third-order valence-electron chi connectivity index (χ3n) is 4.49. The van der Waals surface area contributed by atoms with Gasteiger partial charge in [0.05, 0.1) is 4.90 Å². The van der Waals surface area contributed by atoms with Gasteiger partial charge < -0.3 is 11.1 Å². The largest absolute Gasteiger partial charge is 0.348 e. The highest BCUT2D eigenvalue weighted by molar-refractivity contribution is 7.92. The number of carbonyl (C=O) groups excluding carboxylic acids is 1. The van der Waals surface area contributed by atoms with Gasteiger partial charge >= 0.3 is 0 Å². The molecule has 1 atom stereocenters. The topological polar surface area (TPSA) is 101 Å². The van der Waals surface area contributed by atoms with Crippen molar-refractivity contribution < 1.29 is 13.2 Å². The zero-order chi connectivity index (χ0) is 18.7. The lowest BCUT2D eigenvalue weighted by molar-refractivity contribution is 0.0933. The van der Waals surface area contributed by atoms with Crippen LogP contribution in [0.1, 0.15) is 28.8 Å². The van der Waals surface area contributed by atoms with Crippen LogP contribution in [-0.4, -0.2) is 26.9 Å². The van der Waals surface area contributed by atoms with Crippen molar-refractivity contribution in [1.82, 2.24) is 5.32 Å². The molecule has 1 fully saturated rings. The number of hydrogen-bond donors (Lipinski definition) is 3. The second-order valence-corrected chi connectivity index (χ2v) is 8.33. The molecule has 4 N–H and O–H groups in total. The average molecular weight is 373 g/mol. The smallest absolute Gasteiger partial charge is 0.261 e. The molecule has 0 heterocycles. The predicted octanol–water partition coefficient (Wildman–Crippen LogP) is 2.26. The van der Waals surface area contributed by atoms with Gasteiger partial charge in [0.1, 0.15) is 0 Å². The van der Waals surface area contributed by atoms with E-state index in [1.165, 1.54) is 24.3 Å². The molecular formula is C19H23N3O3S. The van der Waals surface area contributed by atoms with Crippen molar-refractivity contribution in [3.63, 3.8) is 0 Å². The number of rotatable bonds is 7. The number of anilines is 1. The molecule has 1 aliphatic rings. The quantitative estimate of drug-likeness (QED) is 0.693.